The maximum Gasteiger partial charge on any atom is 0.322 e. The number of fused-ring (bicyclic) bond motifs is 2. The minimum absolute atomic E-state index is 0.121. The number of benzene rings is 1. The summed E-state index contributed by atoms with van der Waals surface area (Å²) >= 11 is 0. The minimum Gasteiger partial charge on any atom is -0.497 e. The molecule has 2 fully saturated rings. The predicted octanol–water partition coefficient (Wildman–Crippen LogP) is 4.09. The minimum atomic E-state index is -0.121. The van der Waals surface area contributed by atoms with E-state index in [-0.39, 0.29) is 24.0 Å². The predicted molar refractivity (Wildman–Crippen MR) is 117 cm³/mol. The number of pyridine rings is 1. The van der Waals surface area contributed by atoms with Crippen LogP contribution in [-0.4, -0.2) is 52.4 Å². The fourth-order valence-corrected chi connectivity index (χ4v) is 4.82. The summed E-state index contributed by atoms with van der Waals surface area (Å²) in [5, 5.41) is 7.14. The number of amides is 2. The number of hydrogen-bond donors (Lipinski definition) is 1. The van der Waals surface area contributed by atoms with Gasteiger partial charge in [0.2, 0.25) is 11.7 Å². The van der Waals surface area contributed by atoms with Crippen LogP contribution < -0.4 is 14.8 Å². The van der Waals surface area contributed by atoms with E-state index in [9.17, 15) is 4.79 Å². The first-order valence-electron chi connectivity index (χ1n) is 10.7. The average Bonchev–Trinajstić information content (AvgIpc) is 3.42. The van der Waals surface area contributed by atoms with Gasteiger partial charge in [-0.15, -0.1) is 0 Å². The van der Waals surface area contributed by atoms with Crippen LogP contribution in [0.15, 0.2) is 47.2 Å². The lowest BCUT2D eigenvalue weighted by Crippen LogP contribution is -2.48. The number of carbonyl (C=O) groups is 1. The van der Waals surface area contributed by atoms with E-state index >= 15 is 0 Å². The molecule has 5 rings (SSSR count). The van der Waals surface area contributed by atoms with E-state index in [1.165, 1.54) is 0 Å². The molecule has 3 aromatic rings. The molecule has 2 amide bonds. The van der Waals surface area contributed by atoms with Crippen molar-refractivity contribution in [3.63, 3.8) is 0 Å². The third-order valence-electron chi connectivity index (χ3n) is 6.33. The van der Waals surface area contributed by atoms with Crippen molar-refractivity contribution in [2.24, 2.45) is 0 Å². The molecule has 2 saturated heterocycles. The second-order valence-corrected chi connectivity index (χ2v) is 8.15. The summed E-state index contributed by atoms with van der Waals surface area (Å²) in [7, 11) is 3.17. The van der Waals surface area contributed by atoms with Gasteiger partial charge in [0.05, 0.1) is 19.9 Å². The highest BCUT2D eigenvalue weighted by atomic mass is 16.5. The summed E-state index contributed by atoms with van der Waals surface area (Å²) in [5.74, 6) is 2.57. The number of nitrogens with one attached hydrogen (secondary N) is 1. The van der Waals surface area contributed by atoms with Crippen LogP contribution in [0.4, 0.5) is 10.5 Å². The maximum atomic E-state index is 13.2. The lowest BCUT2D eigenvalue weighted by molar-refractivity contribution is 0.140. The van der Waals surface area contributed by atoms with E-state index in [0.29, 0.717) is 28.9 Å². The Balaban J connectivity index is 1.30. The van der Waals surface area contributed by atoms with E-state index in [4.69, 9.17) is 14.0 Å². The van der Waals surface area contributed by atoms with Crippen molar-refractivity contribution in [1.29, 1.82) is 0 Å². The van der Waals surface area contributed by atoms with Gasteiger partial charge in [0.15, 0.2) is 0 Å². The number of carbonyl (C=O) groups excluding carboxylic acids is 1. The molecule has 0 radical (unpaired) electrons. The summed E-state index contributed by atoms with van der Waals surface area (Å²) in [6, 6.07) is 9.24. The first kappa shape index (κ1) is 20.3. The molecule has 2 aliphatic heterocycles. The van der Waals surface area contributed by atoms with Crippen LogP contribution in [0, 0.1) is 0 Å². The van der Waals surface area contributed by atoms with Crippen LogP contribution in [0.25, 0.3) is 11.4 Å². The Morgan fingerprint density at radius 2 is 1.97 bits per heavy atom. The highest BCUT2D eigenvalue weighted by Crippen LogP contribution is 2.43. The van der Waals surface area contributed by atoms with Crippen LogP contribution in [0.2, 0.25) is 0 Å². The SMILES string of the molecule is COc1ccc(OC)c(NC(=O)N2[C@@H]3CC[C@H]2CC(c2nc(-c4cccnc4)no2)C3)c1. The standard InChI is InChI=1S/C23H25N5O4/c1-30-18-7-8-20(31-2)19(12-18)25-23(29)28-16-5-6-17(28)11-15(10-16)22-26-21(27-32-22)14-4-3-9-24-13-14/h3-4,7-9,12-13,15-17H,5-6,10-11H2,1-2H3,(H,25,29)/t15?,16-,17+. The second-order valence-electron chi connectivity index (χ2n) is 8.15. The third kappa shape index (κ3) is 3.74. The van der Waals surface area contributed by atoms with Gasteiger partial charge in [0, 0.05) is 42.0 Å². The van der Waals surface area contributed by atoms with Gasteiger partial charge in [-0.05, 0) is 49.9 Å². The molecule has 9 heteroatoms. The van der Waals surface area contributed by atoms with Crippen molar-refractivity contribution in [2.75, 3.05) is 19.5 Å². The lowest BCUT2D eigenvalue weighted by Gasteiger charge is -2.37. The van der Waals surface area contributed by atoms with E-state index < -0.39 is 0 Å². The zero-order valence-corrected chi connectivity index (χ0v) is 18.0. The summed E-state index contributed by atoms with van der Waals surface area (Å²) in [5.41, 5.74) is 1.42. The molecule has 0 saturated carbocycles. The molecule has 1 aromatic carbocycles. The van der Waals surface area contributed by atoms with Crippen LogP contribution in [0.3, 0.4) is 0 Å². The molecule has 0 spiro atoms. The first-order valence-corrected chi connectivity index (χ1v) is 10.7. The Morgan fingerprint density at radius 1 is 1.16 bits per heavy atom. The monoisotopic (exact) mass is 435 g/mol. The molecule has 9 nitrogen and oxygen atoms in total. The second kappa shape index (κ2) is 8.49. The Hall–Kier alpha value is -3.62. The Bertz CT molecular complexity index is 1090. The molecular weight excluding hydrogens is 410 g/mol. The number of hydrogen-bond acceptors (Lipinski definition) is 7. The molecular formula is C23H25N5O4. The number of methoxy groups -OCH3 is 2. The zero-order chi connectivity index (χ0) is 22.1. The average molecular weight is 435 g/mol. The maximum absolute atomic E-state index is 13.2. The van der Waals surface area contributed by atoms with Crippen LogP contribution >= 0.6 is 0 Å². The molecule has 0 aliphatic carbocycles. The number of aromatic nitrogens is 3. The zero-order valence-electron chi connectivity index (χ0n) is 18.0. The summed E-state index contributed by atoms with van der Waals surface area (Å²) < 4.78 is 16.3. The lowest BCUT2D eigenvalue weighted by atomic mass is 9.91. The topological polar surface area (TPSA) is 103 Å². The number of piperidine rings is 1. The molecule has 4 heterocycles. The number of nitrogens with zero attached hydrogens (tertiary/aromatic N) is 4. The molecule has 32 heavy (non-hydrogen) atoms. The smallest absolute Gasteiger partial charge is 0.322 e. The van der Waals surface area contributed by atoms with Gasteiger partial charge < -0.3 is 24.2 Å². The van der Waals surface area contributed by atoms with Crippen LogP contribution in [0.5, 0.6) is 11.5 Å². The van der Waals surface area contributed by atoms with Gasteiger partial charge in [0.25, 0.3) is 0 Å². The number of anilines is 1. The molecule has 1 unspecified atom stereocenters. The highest BCUT2D eigenvalue weighted by molar-refractivity contribution is 5.92. The largest absolute Gasteiger partial charge is 0.497 e. The van der Waals surface area contributed by atoms with Gasteiger partial charge in [-0.25, -0.2) is 4.79 Å². The summed E-state index contributed by atoms with van der Waals surface area (Å²) in [6.45, 7) is 0. The third-order valence-corrected chi connectivity index (χ3v) is 6.33. The number of rotatable bonds is 5. The quantitative estimate of drug-likeness (QED) is 0.644. The van der Waals surface area contributed by atoms with Crippen LogP contribution in [0.1, 0.15) is 37.5 Å². The Morgan fingerprint density at radius 3 is 2.66 bits per heavy atom. The molecule has 166 valence electrons. The van der Waals surface area contributed by atoms with Gasteiger partial charge in [-0.2, -0.15) is 4.98 Å². The van der Waals surface area contributed by atoms with Crippen molar-refractivity contribution < 1.29 is 18.8 Å². The van der Waals surface area contributed by atoms with Gasteiger partial charge in [-0.3, -0.25) is 4.98 Å². The Kier molecular flexibility index (Phi) is 5.38. The molecule has 2 bridgehead atoms. The normalized spacial score (nSPS) is 21.9. The molecule has 2 aromatic heterocycles. The van der Waals surface area contributed by atoms with E-state index in [2.05, 4.69) is 20.4 Å². The highest BCUT2D eigenvalue weighted by Gasteiger charge is 2.45. The fourth-order valence-electron chi connectivity index (χ4n) is 4.82. The summed E-state index contributed by atoms with van der Waals surface area (Å²) in [6.07, 6.45) is 6.96. The number of urea groups is 1. The van der Waals surface area contributed by atoms with Crippen molar-refractivity contribution in [1.82, 2.24) is 20.0 Å². The molecule has 3 atom stereocenters. The molecule has 1 N–H and O–H groups in total. The van der Waals surface area contributed by atoms with E-state index in [1.54, 1.807) is 44.8 Å². The Labute approximate surface area is 185 Å². The van der Waals surface area contributed by atoms with Crippen molar-refractivity contribution >= 4 is 11.7 Å². The van der Waals surface area contributed by atoms with Gasteiger partial charge >= 0.3 is 6.03 Å². The number of ether oxygens (including phenoxy) is 2. The van der Waals surface area contributed by atoms with Crippen molar-refractivity contribution in [3.8, 4) is 22.9 Å². The van der Waals surface area contributed by atoms with Crippen LogP contribution in [-0.2, 0) is 0 Å². The van der Waals surface area contributed by atoms with E-state index in [1.807, 2.05) is 17.0 Å². The van der Waals surface area contributed by atoms with Crippen molar-refractivity contribution in [3.05, 3.63) is 48.6 Å². The van der Waals surface area contributed by atoms with Gasteiger partial charge in [0.1, 0.15) is 11.5 Å². The van der Waals surface area contributed by atoms with E-state index in [0.717, 1.165) is 31.2 Å². The van der Waals surface area contributed by atoms with Crippen molar-refractivity contribution in [2.45, 2.75) is 43.7 Å². The first-order chi connectivity index (χ1) is 15.7. The van der Waals surface area contributed by atoms with Gasteiger partial charge in [-0.1, -0.05) is 5.16 Å². The molecule has 2 aliphatic rings. The summed E-state index contributed by atoms with van der Waals surface area (Å²) in [4.78, 5) is 23.9. The fraction of sp³-hybridized carbons (Fsp3) is 0.391.